The van der Waals surface area contributed by atoms with E-state index in [9.17, 15) is 9.59 Å². The highest BCUT2D eigenvalue weighted by atomic mass is 16.2. The fourth-order valence-corrected chi connectivity index (χ4v) is 2.82. The second-order valence-electron chi connectivity index (χ2n) is 6.03. The van der Waals surface area contributed by atoms with Crippen molar-refractivity contribution in [3.05, 3.63) is 0 Å². The minimum absolute atomic E-state index is 0.00804. The van der Waals surface area contributed by atoms with Gasteiger partial charge in [0.25, 0.3) is 0 Å². The van der Waals surface area contributed by atoms with Gasteiger partial charge in [0, 0.05) is 26.1 Å². The quantitative estimate of drug-likeness (QED) is 0.810. The third-order valence-electron chi connectivity index (χ3n) is 4.75. The summed E-state index contributed by atoms with van der Waals surface area (Å²) in [4.78, 5) is 25.4. The molecular formula is C14H24N2O2. The number of likely N-dealkylation sites (tertiary alicyclic amines) is 1. The first kappa shape index (κ1) is 13.4. The van der Waals surface area contributed by atoms with Crippen molar-refractivity contribution < 1.29 is 9.59 Å². The molecule has 2 aliphatic heterocycles. The van der Waals surface area contributed by atoms with Crippen LogP contribution >= 0.6 is 0 Å². The van der Waals surface area contributed by atoms with Crippen LogP contribution in [0.5, 0.6) is 0 Å². The van der Waals surface area contributed by atoms with Gasteiger partial charge in [-0.1, -0.05) is 20.3 Å². The number of piperidine rings is 2. The molecular weight excluding hydrogens is 228 g/mol. The van der Waals surface area contributed by atoms with Crippen LogP contribution in [0.4, 0.5) is 0 Å². The Morgan fingerprint density at radius 3 is 2.61 bits per heavy atom. The number of carbonyl (C=O) groups excluding carboxylic acids is 2. The summed E-state index contributed by atoms with van der Waals surface area (Å²) in [5.74, 6) is 0.332. The van der Waals surface area contributed by atoms with Crippen molar-refractivity contribution in [2.75, 3.05) is 19.6 Å². The van der Waals surface area contributed by atoms with E-state index in [1.165, 1.54) is 6.42 Å². The van der Waals surface area contributed by atoms with Crippen LogP contribution in [0.15, 0.2) is 0 Å². The first-order chi connectivity index (χ1) is 8.54. The van der Waals surface area contributed by atoms with E-state index < -0.39 is 0 Å². The molecule has 0 radical (unpaired) electrons. The maximum absolute atomic E-state index is 12.3. The molecule has 102 valence electrons. The highest BCUT2D eigenvalue weighted by Gasteiger charge is 2.34. The Labute approximate surface area is 109 Å². The largest absolute Gasteiger partial charge is 0.355 e. The Balaban J connectivity index is 1.86. The van der Waals surface area contributed by atoms with E-state index in [-0.39, 0.29) is 17.7 Å². The van der Waals surface area contributed by atoms with Crippen molar-refractivity contribution >= 4 is 11.8 Å². The van der Waals surface area contributed by atoms with E-state index in [1.807, 2.05) is 4.90 Å². The monoisotopic (exact) mass is 252 g/mol. The normalized spacial score (nSPS) is 27.8. The van der Waals surface area contributed by atoms with Crippen LogP contribution in [0.25, 0.3) is 0 Å². The molecule has 0 saturated carbocycles. The van der Waals surface area contributed by atoms with Crippen LogP contribution in [0.1, 0.15) is 46.0 Å². The van der Waals surface area contributed by atoms with Gasteiger partial charge in [0.05, 0.1) is 5.92 Å². The third kappa shape index (κ3) is 2.85. The molecule has 2 aliphatic rings. The molecule has 1 N–H and O–H groups in total. The molecule has 2 rings (SSSR count). The molecule has 1 atom stereocenters. The van der Waals surface area contributed by atoms with Gasteiger partial charge in [-0.15, -0.1) is 0 Å². The van der Waals surface area contributed by atoms with Crippen LogP contribution < -0.4 is 5.32 Å². The number of amides is 2. The fourth-order valence-electron chi connectivity index (χ4n) is 2.82. The zero-order chi connectivity index (χ0) is 13.2. The Morgan fingerprint density at radius 2 is 2.11 bits per heavy atom. The number of nitrogens with one attached hydrogen (secondary N) is 1. The number of rotatable bonds is 2. The van der Waals surface area contributed by atoms with Crippen LogP contribution in [-0.4, -0.2) is 36.3 Å². The molecule has 4 nitrogen and oxygen atoms in total. The lowest BCUT2D eigenvalue weighted by Crippen LogP contribution is -2.48. The lowest BCUT2D eigenvalue weighted by molar-refractivity contribution is -0.139. The van der Waals surface area contributed by atoms with Crippen molar-refractivity contribution in [1.82, 2.24) is 10.2 Å². The lowest BCUT2D eigenvalue weighted by Gasteiger charge is -2.40. The molecule has 0 aliphatic carbocycles. The zero-order valence-corrected chi connectivity index (χ0v) is 11.5. The minimum Gasteiger partial charge on any atom is -0.355 e. The van der Waals surface area contributed by atoms with Crippen LogP contribution in [-0.2, 0) is 9.59 Å². The molecule has 2 heterocycles. The summed E-state index contributed by atoms with van der Waals surface area (Å²) in [5.41, 5.74) is 0.414. The average Bonchev–Trinajstić information content (AvgIpc) is 2.40. The number of hydrogen-bond acceptors (Lipinski definition) is 2. The van der Waals surface area contributed by atoms with E-state index in [4.69, 9.17) is 0 Å². The average molecular weight is 252 g/mol. The molecule has 0 bridgehead atoms. The summed E-state index contributed by atoms with van der Waals surface area (Å²) in [6.45, 7) is 6.84. The van der Waals surface area contributed by atoms with Crippen molar-refractivity contribution in [3.8, 4) is 0 Å². The lowest BCUT2D eigenvalue weighted by atomic mass is 9.78. The number of carbonyl (C=O) groups is 2. The summed E-state index contributed by atoms with van der Waals surface area (Å²) in [5, 5.41) is 2.79. The Morgan fingerprint density at radius 1 is 1.44 bits per heavy atom. The maximum Gasteiger partial charge on any atom is 0.227 e. The summed E-state index contributed by atoms with van der Waals surface area (Å²) in [7, 11) is 0. The maximum atomic E-state index is 12.3. The molecule has 4 heteroatoms. The van der Waals surface area contributed by atoms with E-state index in [0.717, 1.165) is 25.9 Å². The van der Waals surface area contributed by atoms with Crippen molar-refractivity contribution in [3.63, 3.8) is 0 Å². The van der Waals surface area contributed by atoms with Gasteiger partial charge in [0.2, 0.25) is 11.8 Å². The molecule has 2 fully saturated rings. The van der Waals surface area contributed by atoms with E-state index in [2.05, 4.69) is 19.2 Å². The summed E-state index contributed by atoms with van der Waals surface area (Å²) >= 11 is 0. The van der Waals surface area contributed by atoms with Gasteiger partial charge in [0.15, 0.2) is 0 Å². The standard InChI is InChI=1S/C14H24N2O2/c1-3-14(2)6-8-16(9-7-14)13(18)11-4-5-12(17)15-10-11/h11H,3-10H2,1-2H3,(H,15,17). The number of hydrogen-bond donors (Lipinski definition) is 1. The van der Waals surface area contributed by atoms with Gasteiger partial charge in [0.1, 0.15) is 0 Å². The predicted molar refractivity (Wildman–Crippen MR) is 69.9 cm³/mol. The van der Waals surface area contributed by atoms with Crippen molar-refractivity contribution in [1.29, 1.82) is 0 Å². The van der Waals surface area contributed by atoms with E-state index in [1.54, 1.807) is 0 Å². The van der Waals surface area contributed by atoms with Crippen LogP contribution in [0, 0.1) is 11.3 Å². The first-order valence-corrected chi connectivity index (χ1v) is 7.09. The van der Waals surface area contributed by atoms with Crippen LogP contribution in [0.3, 0.4) is 0 Å². The second-order valence-corrected chi connectivity index (χ2v) is 6.03. The van der Waals surface area contributed by atoms with Crippen LogP contribution in [0.2, 0.25) is 0 Å². The highest BCUT2D eigenvalue weighted by molar-refractivity contribution is 5.83. The SMILES string of the molecule is CCC1(C)CCN(C(=O)C2CCC(=O)NC2)CC1. The Hall–Kier alpha value is -1.06. The van der Waals surface area contributed by atoms with Gasteiger partial charge in [-0.2, -0.15) is 0 Å². The number of nitrogens with zero attached hydrogens (tertiary/aromatic N) is 1. The van der Waals surface area contributed by atoms with Gasteiger partial charge in [-0.3, -0.25) is 9.59 Å². The summed E-state index contributed by atoms with van der Waals surface area (Å²) in [6, 6.07) is 0. The van der Waals surface area contributed by atoms with Crippen molar-refractivity contribution in [2.45, 2.75) is 46.0 Å². The smallest absolute Gasteiger partial charge is 0.227 e. The van der Waals surface area contributed by atoms with Crippen molar-refractivity contribution in [2.24, 2.45) is 11.3 Å². The third-order valence-corrected chi connectivity index (χ3v) is 4.75. The summed E-state index contributed by atoms with van der Waals surface area (Å²) in [6.07, 6.45) is 4.61. The fraction of sp³-hybridized carbons (Fsp3) is 0.857. The molecule has 0 aromatic heterocycles. The zero-order valence-electron chi connectivity index (χ0n) is 11.5. The van der Waals surface area contributed by atoms with Gasteiger partial charge >= 0.3 is 0 Å². The highest BCUT2D eigenvalue weighted by Crippen LogP contribution is 2.34. The Bertz CT molecular complexity index is 323. The molecule has 0 spiro atoms. The molecule has 18 heavy (non-hydrogen) atoms. The molecule has 0 aromatic rings. The second kappa shape index (κ2) is 5.29. The molecule has 0 aromatic carbocycles. The van der Waals surface area contributed by atoms with Gasteiger partial charge in [-0.25, -0.2) is 0 Å². The predicted octanol–water partition coefficient (Wildman–Crippen LogP) is 1.55. The van der Waals surface area contributed by atoms with Gasteiger partial charge < -0.3 is 10.2 Å². The minimum atomic E-state index is 0.00804. The molecule has 2 saturated heterocycles. The van der Waals surface area contributed by atoms with Gasteiger partial charge in [-0.05, 0) is 24.7 Å². The Kier molecular flexibility index (Phi) is 3.93. The topological polar surface area (TPSA) is 49.4 Å². The van der Waals surface area contributed by atoms with E-state index in [0.29, 0.717) is 24.8 Å². The van der Waals surface area contributed by atoms with E-state index >= 15 is 0 Å². The first-order valence-electron chi connectivity index (χ1n) is 7.09. The molecule has 1 unspecified atom stereocenters. The molecule has 2 amide bonds. The summed E-state index contributed by atoms with van der Waals surface area (Å²) < 4.78 is 0.